The lowest BCUT2D eigenvalue weighted by Gasteiger charge is -2.36. The van der Waals surface area contributed by atoms with Gasteiger partial charge in [-0.05, 0) is 12.8 Å². The minimum atomic E-state index is 0. The number of ether oxygens (including phenoxy) is 1. The van der Waals surface area contributed by atoms with Gasteiger partial charge in [0.15, 0.2) is 0 Å². The normalized spacial score (nSPS) is 26.6. The zero-order chi connectivity index (χ0) is 8.93. The summed E-state index contributed by atoms with van der Waals surface area (Å²) in [6.07, 6.45) is 5.58. The van der Waals surface area contributed by atoms with Crippen LogP contribution in [0.2, 0.25) is 0 Å². The van der Waals surface area contributed by atoms with E-state index in [1.807, 2.05) is 0 Å². The summed E-state index contributed by atoms with van der Waals surface area (Å²) in [5.41, 5.74) is 0. The molecule has 0 N–H and O–H groups in total. The van der Waals surface area contributed by atoms with Gasteiger partial charge in [-0.2, -0.15) is 0 Å². The van der Waals surface area contributed by atoms with E-state index < -0.39 is 0 Å². The fourth-order valence-corrected chi connectivity index (χ4v) is 2.17. The summed E-state index contributed by atoms with van der Waals surface area (Å²) < 4.78 is 5.35. The maximum atomic E-state index is 5.35. The number of hydrogen-bond acceptors (Lipinski definition) is 3. The minimum Gasteiger partial charge on any atom is -0.379 e. The highest BCUT2D eigenvalue weighted by atomic mass is 79.9. The summed E-state index contributed by atoms with van der Waals surface area (Å²) in [4.78, 5) is 0. The van der Waals surface area contributed by atoms with Crippen molar-refractivity contribution in [3.8, 4) is 0 Å². The van der Waals surface area contributed by atoms with Gasteiger partial charge in [-0.25, -0.2) is 10.0 Å². The van der Waals surface area contributed by atoms with Crippen LogP contribution in [0.1, 0.15) is 25.7 Å². The van der Waals surface area contributed by atoms with Crippen LogP contribution in [-0.4, -0.2) is 49.4 Å². The van der Waals surface area contributed by atoms with Crippen molar-refractivity contribution in [2.24, 2.45) is 0 Å². The van der Waals surface area contributed by atoms with E-state index in [0.717, 1.165) is 26.3 Å². The smallest absolute Gasteiger partial charge is 0.0608 e. The van der Waals surface area contributed by atoms with Crippen molar-refractivity contribution >= 4 is 17.0 Å². The van der Waals surface area contributed by atoms with E-state index in [9.17, 15) is 0 Å². The highest BCUT2D eigenvalue weighted by molar-refractivity contribution is 8.93. The van der Waals surface area contributed by atoms with Gasteiger partial charge in [0.2, 0.25) is 0 Å². The van der Waals surface area contributed by atoms with Gasteiger partial charge < -0.3 is 4.74 Å². The van der Waals surface area contributed by atoms with Gasteiger partial charge in [0.05, 0.1) is 13.2 Å². The number of rotatable bonds is 1. The van der Waals surface area contributed by atoms with Gasteiger partial charge in [0.25, 0.3) is 0 Å². The van der Waals surface area contributed by atoms with Crippen molar-refractivity contribution in [2.75, 3.05) is 39.4 Å². The summed E-state index contributed by atoms with van der Waals surface area (Å²) in [5, 5.41) is 5.02. The Balaban J connectivity index is 0.000000980. The van der Waals surface area contributed by atoms with E-state index in [0.29, 0.717) is 0 Å². The minimum absolute atomic E-state index is 0. The Morgan fingerprint density at radius 1 is 0.643 bits per heavy atom. The molecule has 0 radical (unpaired) electrons. The van der Waals surface area contributed by atoms with Gasteiger partial charge in [0, 0.05) is 26.2 Å². The largest absolute Gasteiger partial charge is 0.379 e. The molecule has 0 amide bonds. The molecule has 0 aromatic heterocycles. The number of morpholine rings is 1. The van der Waals surface area contributed by atoms with Crippen molar-refractivity contribution in [1.29, 1.82) is 0 Å². The highest BCUT2D eigenvalue weighted by Crippen LogP contribution is 2.12. The molecule has 14 heavy (non-hydrogen) atoms. The standard InChI is InChI=1S/C10H20N2O.BrH/c1-2-4-6-11(5-3-1)12-7-9-13-10-8-12;/h1-10H2;1H. The van der Waals surface area contributed by atoms with E-state index in [1.165, 1.54) is 38.8 Å². The number of hydrogen-bond donors (Lipinski definition) is 0. The zero-order valence-corrected chi connectivity index (χ0v) is 10.5. The molecule has 2 rings (SSSR count). The summed E-state index contributed by atoms with van der Waals surface area (Å²) in [7, 11) is 0. The number of hydrazine groups is 1. The van der Waals surface area contributed by atoms with Gasteiger partial charge in [-0.3, -0.25) is 0 Å². The first kappa shape index (κ1) is 12.4. The molecule has 84 valence electrons. The number of nitrogens with zero attached hydrogens (tertiary/aromatic N) is 2. The Morgan fingerprint density at radius 2 is 1.14 bits per heavy atom. The van der Waals surface area contributed by atoms with Crippen molar-refractivity contribution in [2.45, 2.75) is 25.7 Å². The molecule has 2 saturated heterocycles. The molecule has 0 spiro atoms. The third kappa shape index (κ3) is 3.50. The van der Waals surface area contributed by atoms with E-state index in [2.05, 4.69) is 10.0 Å². The average molecular weight is 265 g/mol. The molecule has 0 aromatic carbocycles. The lowest BCUT2D eigenvalue weighted by Crippen LogP contribution is -2.49. The van der Waals surface area contributed by atoms with E-state index >= 15 is 0 Å². The van der Waals surface area contributed by atoms with Crippen LogP contribution in [-0.2, 0) is 4.74 Å². The predicted octanol–water partition coefficient (Wildman–Crippen LogP) is 1.69. The quantitative estimate of drug-likeness (QED) is 0.717. The van der Waals surface area contributed by atoms with Crippen LogP contribution in [0.4, 0.5) is 0 Å². The highest BCUT2D eigenvalue weighted by Gasteiger charge is 2.18. The lowest BCUT2D eigenvalue weighted by molar-refractivity contribution is -0.0882. The summed E-state index contributed by atoms with van der Waals surface area (Å²) in [6, 6.07) is 0. The molecule has 0 aliphatic carbocycles. The molecule has 3 nitrogen and oxygen atoms in total. The van der Waals surface area contributed by atoms with Gasteiger partial charge in [-0.1, -0.05) is 12.8 Å². The Kier molecular flexibility index (Phi) is 6.01. The van der Waals surface area contributed by atoms with Crippen LogP contribution in [0.3, 0.4) is 0 Å². The topological polar surface area (TPSA) is 15.7 Å². The molecule has 0 aromatic rings. The molecule has 0 unspecified atom stereocenters. The first-order valence-electron chi connectivity index (χ1n) is 5.54. The van der Waals surface area contributed by atoms with Crippen molar-refractivity contribution in [3.05, 3.63) is 0 Å². The fourth-order valence-electron chi connectivity index (χ4n) is 2.17. The molecule has 4 heteroatoms. The second-order valence-corrected chi connectivity index (χ2v) is 3.93. The van der Waals surface area contributed by atoms with Crippen LogP contribution in [0.25, 0.3) is 0 Å². The zero-order valence-electron chi connectivity index (χ0n) is 8.78. The molecule has 2 heterocycles. The molecular weight excluding hydrogens is 244 g/mol. The molecule has 2 fully saturated rings. The first-order chi connectivity index (χ1) is 6.47. The molecule has 0 atom stereocenters. The van der Waals surface area contributed by atoms with Crippen LogP contribution in [0, 0.1) is 0 Å². The van der Waals surface area contributed by atoms with Crippen molar-refractivity contribution in [3.63, 3.8) is 0 Å². The molecule has 0 bridgehead atoms. The average Bonchev–Trinajstić information content (AvgIpc) is 2.47. The lowest BCUT2D eigenvalue weighted by atomic mass is 10.2. The van der Waals surface area contributed by atoms with Crippen molar-refractivity contribution in [1.82, 2.24) is 10.0 Å². The summed E-state index contributed by atoms with van der Waals surface area (Å²) >= 11 is 0. The van der Waals surface area contributed by atoms with Gasteiger partial charge in [0.1, 0.15) is 0 Å². The van der Waals surface area contributed by atoms with Crippen LogP contribution in [0.15, 0.2) is 0 Å². The monoisotopic (exact) mass is 264 g/mol. The fraction of sp³-hybridized carbons (Fsp3) is 1.00. The summed E-state index contributed by atoms with van der Waals surface area (Å²) in [5.74, 6) is 0. The van der Waals surface area contributed by atoms with E-state index in [1.54, 1.807) is 0 Å². The molecular formula is C10H21BrN2O. The first-order valence-corrected chi connectivity index (χ1v) is 5.54. The van der Waals surface area contributed by atoms with Crippen LogP contribution >= 0.6 is 17.0 Å². The second-order valence-electron chi connectivity index (χ2n) is 3.93. The Morgan fingerprint density at radius 3 is 1.71 bits per heavy atom. The Hall–Kier alpha value is 0.360. The van der Waals surface area contributed by atoms with Crippen LogP contribution in [0.5, 0.6) is 0 Å². The third-order valence-electron chi connectivity index (χ3n) is 2.97. The van der Waals surface area contributed by atoms with Crippen LogP contribution < -0.4 is 0 Å². The van der Waals surface area contributed by atoms with E-state index in [4.69, 9.17) is 4.74 Å². The summed E-state index contributed by atoms with van der Waals surface area (Å²) in [6.45, 7) is 6.55. The molecule has 2 aliphatic rings. The Bertz CT molecular complexity index is 143. The van der Waals surface area contributed by atoms with E-state index in [-0.39, 0.29) is 17.0 Å². The second kappa shape index (κ2) is 6.77. The molecule has 2 aliphatic heterocycles. The maximum Gasteiger partial charge on any atom is 0.0608 e. The third-order valence-corrected chi connectivity index (χ3v) is 2.97. The predicted molar refractivity (Wildman–Crippen MR) is 62.8 cm³/mol. The number of halogens is 1. The van der Waals surface area contributed by atoms with Crippen molar-refractivity contribution < 1.29 is 4.74 Å². The molecule has 0 saturated carbocycles. The van der Waals surface area contributed by atoms with Gasteiger partial charge in [-0.15, -0.1) is 17.0 Å². The maximum absolute atomic E-state index is 5.35. The SMILES string of the molecule is Br.C1CCCN(N2CCOCC2)CC1. The Labute approximate surface area is 97.1 Å². The van der Waals surface area contributed by atoms with Gasteiger partial charge >= 0.3 is 0 Å².